The summed E-state index contributed by atoms with van der Waals surface area (Å²) in [5, 5.41) is 11.5. The van der Waals surface area contributed by atoms with Gasteiger partial charge in [0.25, 0.3) is 0 Å². The lowest BCUT2D eigenvalue weighted by Crippen LogP contribution is -2.42. The van der Waals surface area contributed by atoms with Crippen LogP contribution in [0.15, 0.2) is 48.7 Å². The highest BCUT2D eigenvalue weighted by atomic mass is 16.2. The Balaban J connectivity index is 1.45. The molecule has 1 aliphatic heterocycles. The van der Waals surface area contributed by atoms with Crippen LogP contribution in [0.25, 0.3) is 0 Å². The van der Waals surface area contributed by atoms with Crippen molar-refractivity contribution in [2.75, 3.05) is 31.6 Å². The fourth-order valence-corrected chi connectivity index (χ4v) is 3.22. The summed E-state index contributed by atoms with van der Waals surface area (Å²) in [6, 6.07) is 14.3. The lowest BCUT2D eigenvalue weighted by atomic mass is 10.2. The second-order valence-electron chi connectivity index (χ2n) is 6.44. The molecule has 6 heteroatoms. The zero-order valence-electron chi connectivity index (χ0n) is 14.6. The molecule has 0 aliphatic carbocycles. The van der Waals surface area contributed by atoms with E-state index in [4.69, 9.17) is 0 Å². The van der Waals surface area contributed by atoms with Crippen LogP contribution in [0.3, 0.4) is 0 Å². The first-order valence-corrected chi connectivity index (χ1v) is 8.77. The van der Waals surface area contributed by atoms with Gasteiger partial charge in [0.2, 0.25) is 5.91 Å². The molecule has 1 amide bonds. The molecule has 0 saturated carbocycles. The topological polar surface area (TPSA) is 61.4 Å². The van der Waals surface area contributed by atoms with Crippen LogP contribution in [0.2, 0.25) is 0 Å². The molecule has 0 radical (unpaired) electrons. The van der Waals surface area contributed by atoms with Gasteiger partial charge in [-0.15, -0.1) is 5.10 Å². The fourth-order valence-electron chi connectivity index (χ4n) is 3.22. The average Bonchev–Trinajstić information content (AvgIpc) is 3.11. The van der Waals surface area contributed by atoms with Crippen molar-refractivity contribution in [1.29, 1.82) is 0 Å². The molecule has 0 unspecified atom stereocenters. The van der Waals surface area contributed by atoms with Gasteiger partial charge in [0.05, 0.1) is 6.54 Å². The minimum Gasteiger partial charge on any atom is -0.351 e. The van der Waals surface area contributed by atoms with Crippen molar-refractivity contribution in [2.45, 2.75) is 25.4 Å². The van der Waals surface area contributed by atoms with Gasteiger partial charge in [-0.1, -0.05) is 30.3 Å². The van der Waals surface area contributed by atoms with Crippen molar-refractivity contribution in [3.63, 3.8) is 0 Å². The zero-order valence-corrected chi connectivity index (χ0v) is 14.6. The molecule has 1 aliphatic rings. The number of hydrogen-bond donors (Lipinski definition) is 1. The molecule has 1 saturated heterocycles. The molecule has 25 heavy (non-hydrogen) atoms. The number of nitrogens with zero attached hydrogens (tertiary/aromatic N) is 4. The molecular formula is C19H25N5O. The SMILES string of the molecule is CN(Cc1ccccc1)C(=O)CNC[C@H]1CCCN1c1cccnn1. The van der Waals surface area contributed by atoms with Crippen molar-refractivity contribution in [3.05, 3.63) is 54.2 Å². The third-order valence-electron chi connectivity index (χ3n) is 4.57. The van der Waals surface area contributed by atoms with E-state index in [-0.39, 0.29) is 5.91 Å². The van der Waals surface area contributed by atoms with Gasteiger partial charge in [0.15, 0.2) is 5.82 Å². The maximum atomic E-state index is 12.3. The van der Waals surface area contributed by atoms with E-state index in [1.807, 2.05) is 49.5 Å². The van der Waals surface area contributed by atoms with Crippen LogP contribution in [-0.4, -0.2) is 53.7 Å². The Morgan fingerprint density at radius 3 is 2.88 bits per heavy atom. The summed E-state index contributed by atoms with van der Waals surface area (Å²) in [7, 11) is 1.85. The van der Waals surface area contributed by atoms with Crippen molar-refractivity contribution < 1.29 is 4.79 Å². The molecule has 0 spiro atoms. The number of benzene rings is 1. The van der Waals surface area contributed by atoms with Gasteiger partial charge in [-0.3, -0.25) is 4.79 Å². The quantitative estimate of drug-likeness (QED) is 0.832. The smallest absolute Gasteiger partial charge is 0.236 e. The Kier molecular flexibility index (Phi) is 5.95. The van der Waals surface area contributed by atoms with Gasteiger partial charge in [-0.05, 0) is 30.5 Å². The van der Waals surface area contributed by atoms with Crippen LogP contribution in [0, 0.1) is 0 Å². The van der Waals surface area contributed by atoms with Crippen LogP contribution in [0.1, 0.15) is 18.4 Å². The summed E-state index contributed by atoms with van der Waals surface area (Å²) in [4.78, 5) is 16.3. The zero-order chi connectivity index (χ0) is 17.5. The lowest BCUT2D eigenvalue weighted by molar-refractivity contribution is -0.129. The first kappa shape index (κ1) is 17.4. The van der Waals surface area contributed by atoms with Gasteiger partial charge in [-0.25, -0.2) is 0 Å². The number of amides is 1. The number of carbonyl (C=O) groups excluding carboxylic acids is 1. The molecule has 132 valence electrons. The van der Waals surface area contributed by atoms with Crippen molar-refractivity contribution in [1.82, 2.24) is 20.4 Å². The van der Waals surface area contributed by atoms with E-state index in [2.05, 4.69) is 20.4 Å². The fraction of sp³-hybridized carbons (Fsp3) is 0.421. The number of rotatable bonds is 7. The molecule has 3 rings (SSSR count). The van der Waals surface area contributed by atoms with Gasteiger partial charge >= 0.3 is 0 Å². The standard InChI is InChI=1S/C19H25N5O/c1-23(15-16-7-3-2-4-8-16)19(25)14-20-13-17-9-6-12-24(17)18-10-5-11-21-22-18/h2-5,7-8,10-11,17,20H,6,9,12-15H2,1H3/t17-/m1/s1. The first-order chi connectivity index (χ1) is 12.2. The maximum Gasteiger partial charge on any atom is 0.236 e. The van der Waals surface area contributed by atoms with E-state index < -0.39 is 0 Å². The average molecular weight is 339 g/mol. The lowest BCUT2D eigenvalue weighted by Gasteiger charge is -2.26. The number of likely N-dealkylation sites (N-methyl/N-ethyl adjacent to an activating group) is 1. The highest BCUT2D eigenvalue weighted by Crippen LogP contribution is 2.22. The predicted octanol–water partition coefficient (Wildman–Crippen LogP) is 1.69. The van der Waals surface area contributed by atoms with Crippen molar-refractivity contribution in [2.24, 2.45) is 0 Å². The number of hydrogen-bond acceptors (Lipinski definition) is 5. The highest BCUT2D eigenvalue weighted by molar-refractivity contribution is 5.77. The van der Waals surface area contributed by atoms with Crippen LogP contribution in [0.5, 0.6) is 0 Å². The van der Waals surface area contributed by atoms with Crippen LogP contribution >= 0.6 is 0 Å². The second kappa shape index (κ2) is 8.58. The van der Waals surface area contributed by atoms with E-state index in [1.54, 1.807) is 11.1 Å². The minimum absolute atomic E-state index is 0.105. The van der Waals surface area contributed by atoms with Crippen LogP contribution in [0.4, 0.5) is 5.82 Å². The van der Waals surface area contributed by atoms with Crippen LogP contribution in [-0.2, 0) is 11.3 Å². The van der Waals surface area contributed by atoms with E-state index in [9.17, 15) is 4.79 Å². The molecule has 1 atom stereocenters. The molecule has 2 aromatic rings. The Hall–Kier alpha value is -2.47. The van der Waals surface area contributed by atoms with E-state index in [1.165, 1.54) is 0 Å². The number of aromatic nitrogens is 2. The molecule has 0 bridgehead atoms. The van der Waals surface area contributed by atoms with E-state index in [0.717, 1.165) is 37.3 Å². The summed E-state index contributed by atoms with van der Waals surface area (Å²) in [6.45, 7) is 2.76. The van der Waals surface area contributed by atoms with Crippen LogP contribution < -0.4 is 10.2 Å². The number of nitrogens with one attached hydrogen (secondary N) is 1. The summed E-state index contributed by atoms with van der Waals surface area (Å²) in [5.41, 5.74) is 1.14. The van der Waals surface area contributed by atoms with Crippen molar-refractivity contribution >= 4 is 11.7 Å². The second-order valence-corrected chi connectivity index (χ2v) is 6.44. The van der Waals surface area contributed by atoms with E-state index in [0.29, 0.717) is 19.1 Å². The summed E-state index contributed by atoms with van der Waals surface area (Å²) >= 11 is 0. The summed E-state index contributed by atoms with van der Waals surface area (Å²) < 4.78 is 0. The predicted molar refractivity (Wildman–Crippen MR) is 98.2 cm³/mol. The Morgan fingerprint density at radius 2 is 2.12 bits per heavy atom. The summed E-state index contributed by atoms with van der Waals surface area (Å²) in [6.07, 6.45) is 3.94. The Bertz CT molecular complexity index is 664. The monoisotopic (exact) mass is 339 g/mol. The Morgan fingerprint density at radius 1 is 1.28 bits per heavy atom. The molecule has 1 fully saturated rings. The van der Waals surface area contributed by atoms with Gasteiger partial charge in [0, 0.05) is 38.9 Å². The first-order valence-electron chi connectivity index (χ1n) is 8.77. The molecule has 1 aromatic heterocycles. The largest absolute Gasteiger partial charge is 0.351 e. The molecular weight excluding hydrogens is 314 g/mol. The number of anilines is 1. The van der Waals surface area contributed by atoms with E-state index >= 15 is 0 Å². The molecule has 1 N–H and O–H groups in total. The normalized spacial score (nSPS) is 16.8. The van der Waals surface area contributed by atoms with Gasteiger partial charge in [0.1, 0.15) is 0 Å². The Labute approximate surface area is 148 Å². The molecule has 1 aromatic carbocycles. The van der Waals surface area contributed by atoms with Gasteiger partial charge in [-0.2, -0.15) is 5.10 Å². The third kappa shape index (κ3) is 4.76. The number of carbonyl (C=O) groups is 1. The minimum atomic E-state index is 0.105. The maximum absolute atomic E-state index is 12.3. The van der Waals surface area contributed by atoms with Gasteiger partial charge < -0.3 is 15.1 Å². The molecule has 6 nitrogen and oxygen atoms in total. The van der Waals surface area contributed by atoms with Crippen molar-refractivity contribution in [3.8, 4) is 0 Å². The summed E-state index contributed by atoms with van der Waals surface area (Å²) in [5.74, 6) is 1.02. The molecule has 2 heterocycles. The highest BCUT2D eigenvalue weighted by Gasteiger charge is 2.25. The third-order valence-corrected chi connectivity index (χ3v) is 4.57.